The zero-order valence-corrected chi connectivity index (χ0v) is 8.77. The van der Waals surface area contributed by atoms with Gasteiger partial charge in [0.25, 0.3) is 0 Å². The highest BCUT2D eigenvalue weighted by atomic mass is 14.5. The summed E-state index contributed by atoms with van der Waals surface area (Å²) >= 11 is 0. The van der Waals surface area contributed by atoms with E-state index in [0.717, 1.165) is 17.8 Å². The van der Waals surface area contributed by atoms with E-state index >= 15 is 0 Å². The van der Waals surface area contributed by atoms with Crippen LogP contribution in [0.4, 0.5) is 0 Å². The highest BCUT2D eigenvalue weighted by Gasteiger charge is 2.40. The third-order valence-electron chi connectivity index (χ3n) is 4.16. The second kappa shape index (κ2) is 2.75. The Balaban J connectivity index is 2.09. The Hall–Kier alpha value is 0. The van der Waals surface area contributed by atoms with Crippen molar-refractivity contribution in [1.82, 2.24) is 0 Å². The molecule has 3 saturated carbocycles. The third-order valence-corrected chi connectivity index (χ3v) is 4.16. The number of hydrogen-bond donors (Lipinski definition) is 0. The largest absolute Gasteiger partial charge is 0.0599 e. The van der Waals surface area contributed by atoms with E-state index in [1.807, 2.05) is 0 Å². The topological polar surface area (TPSA) is 0 Å². The molecule has 0 aromatic carbocycles. The first-order chi connectivity index (χ1) is 5.57. The monoisotopic (exact) mass is 166 g/mol. The zero-order valence-electron chi connectivity index (χ0n) is 8.77. The molecule has 0 heterocycles. The second-order valence-corrected chi connectivity index (χ2v) is 5.99. The molecule has 12 heavy (non-hydrogen) atoms. The van der Waals surface area contributed by atoms with Crippen molar-refractivity contribution in [2.75, 3.05) is 0 Å². The van der Waals surface area contributed by atoms with E-state index in [0.29, 0.717) is 5.41 Å². The first-order valence-electron chi connectivity index (χ1n) is 5.57. The van der Waals surface area contributed by atoms with Gasteiger partial charge in [-0.15, -0.1) is 0 Å². The summed E-state index contributed by atoms with van der Waals surface area (Å²) in [6.07, 6.45) is 7.68. The van der Waals surface area contributed by atoms with E-state index in [4.69, 9.17) is 0 Å². The van der Waals surface area contributed by atoms with Crippen LogP contribution in [0.5, 0.6) is 0 Å². The number of fused-ring (bicyclic) bond motifs is 3. The van der Waals surface area contributed by atoms with Crippen molar-refractivity contribution in [1.29, 1.82) is 0 Å². The van der Waals surface area contributed by atoms with Gasteiger partial charge >= 0.3 is 0 Å². The molecule has 0 radical (unpaired) electrons. The van der Waals surface area contributed by atoms with Crippen LogP contribution >= 0.6 is 0 Å². The van der Waals surface area contributed by atoms with Gasteiger partial charge in [-0.2, -0.15) is 0 Å². The van der Waals surface area contributed by atoms with E-state index in [1.165, 1.54) is 32.1 Å². The molecule has 1 atom stereocenters. The molecule has 3 aliphatic rings. The Labute approximate surface area is 76.7 Å². The summed E-state index contributed by atoms with van der Waals surface area (Å²) < 4.78 is 0. The molecule has 0 aromatic heterocycles. The lowest BCUT2D eigenvalue weighted by molar-refractivity contribution is 0.0250. The minimum Gasteiger partial charge on any atom is -0.0599 e. The van der Waals surface area contributed by atoms with Crippen LogP contribution in [0.3, 0.4) is 0 Å². The van der Waals surface area contributed by atoms with Crippen molar-refractivity contribution in [3.8, 4) is 0 Å². The van der Waals surface area contributed by atoms with Crippen molar-refractivity contribution in [2.45, 2.75) is 52.9 Å². The molecule has 2 bridgehead atoms. The van der Waals surface area contributed by atoms with Crippen LogP contribution < -0.4 is 0 Å². The van der Waals surface area contributed by atoms with E-state index in [-0.39, 0.29) is 0 Å². The fourth-order valence-electron chi connectivity index (χ4n) is 3.44. The van der Waals surface area contributed by atoms with Crippen molar-refractivity contribution in [3.05, 3.63) is 0 Å². The third kappa shape index (κ3) is 1.41. The van der Waals surface area contributed by atoms with E-state index in [9.17, 15) is 0 Å². The van der Waals surface area contributed by atoms with Crippen LogP contribution in [0.15, 0.2) is 0 Å². The lowest BCUT2D eigenvalue weighted by Gasteiger charge is -2.48. The van der Waals surface area contributed by atoms with Crippen molar-refractivity contribution in [2.24, 2.45) is 23.2 Å². The first-order valence-corrected chi connectivity index (χ1v) is 5.57. The predicted molar refractivity (Wildman–Crippen MR) is 53.0 cm³/mol. The SMILES string of the molecule is CC(C)(C)[C@@H]1CC2CCC1CC2. The van der Waals surface area contributed by atoms with Gasteiger partial charge in [-0.25, -0.2) is 0 Å². The van der Waals surface area contributed by atoms with Crippen LogP contribution in [0.1, 0.15) is 52.9 Å². The van der Waals surface area contributed by atoms with Crippen molar-refractivity contribution >= 4 is 0 Å². The van der Waals surface area contributed by atoms with Crippen LogP contribution in [-0.2, 0) is 0 Å². The standard InChI is InChI=1S/C12H22/c1-12(2,3)11-8-9-4-6-10(11)7-5-9/h9-11H,4-8H2,1-3H3/t9?,10?,11-/m1/s1. The Kier molecular flexibility index (Phi) is 1.97. The molecular formula is C12H22. The van der Waals surface area contributed by atoms with Crippen LogP contribution in [0.25, 0.3) is 0 Å². The molecule has 3 rings (SSSR count). The molecule has 0 nitrogen and oxygen atoms in total. The maximum absolute atomic E-state index is 2.43. The Bertz CT molecular complexity index is 155. The molecule has 0 spiro atoms. The van der Waals surface area contributed by atoms with E-state index in [1.54, 1.807) is 0 Å². The van der Waals surface area contributed by atoms with Gasteiger partial charge < -0.3 is 0 Å². The molecule has 0 unspecified atom stereocenters. The van der Waals surface area contributed by atoms with Gasteiger partial charge in [0.05, 0.1) is 0 Å². The molecule has 3 fully saturated rings. The van der Waals surface area contributed by atoms with Crippen LogP contribution in [-0.4, -0.2) is 0 Å². The van der Waals surface area contributed by atoms with Gasteiger partial charge in [-0.3, -0.25) is 0 Å². The van der Waals surface area contributed by atoms with Gasteiger partial charge in [-0.05, 0) is 42.4 Å². The van der Waals surface area contributed by atoms with Gasteiger partial charge in [0.2, 0.25) is 0 Å². The summed E-state index contributed by atoms with van der Waals surface area (Å²) in [5, 5.41) is 0. The Morgan fingerprint density at radius 1 is 0.917 bits per heavy atom. The van der Waals surface area contributed by atoms with Gasteiger partial charge in [0, 0.05) is 0 Å². The minimum atomic E-state index is 0.573. The second-order valence-electron chi connectivity index (χ2n) is 5.99. The fraction of sp³-hybridized carbons (Fsp3) is 1.00. The summed E-state index contributed by atoms with van der Waals surface area (Å²) in [6, 6.07) is 0. The average molecular weight is 166 g/mol. The van der Waals surface area contributed by atoms with Gasteiger partial charge in [-0.1, -0.05) is 33.6 Å². The Morgan fingerprint density at radius 3 is 1.75 bits per heavy atom. The van der Waals surface area contributed by atoms with E-state index < -0.39 is 0 Å². The molecule has 3 aliphatic carbocycles. The highest BCUT2D eigenvalue weighted by Crippen LogP contribution is 2.51. The molecule has 0 aliphatic heterocycles. The molecule has 0 N–H and O–H groups in total. The molecular weight excluding hydrogens is 144 g/mol. The maximum atomic E-state index is 2.43. The number of rotatable bonds is 0. The lowest BCUT2D eigenvalue weighted by Crippen LogP contribution is -2.38. The summed E-state index contributed by atoms with van der Waals surface area (Å²) in [6.45, 7) is 7.29. The predicted octanol–water partition coefficient (Wildman–Crippen LogP) is 3.86. The van der Waals surface area contributed by atoms with Crippen LogP contribution in [0, 0.1) is 23.2 Å². The van der Waals surface area contributed by atoms with Crippen LogP contribution in [0.2, 0.25) is 0 Å². The molecule has 0 amide bonds. The molecule has 0 heteroatoms. The smallest absolute Gasteiger partial charge is 0.0334 e. The summed E-state index contributed by atoms with van der Waals surface area (Å²) in [5.74, 6) is 3.21. The van der Waals surface area contributed by atoms with Gasteiger partial charge in [0.15, 0.2) is 0 Å². The maximum Gasteiger partial charge on any atom is -0.0334 e. The van der Waals surface area contributed by atoms with Crippen molar-refractivity contribution < 1.29 is 0 Å². The summed E-state index contributed by atoms with van der Waals surface area (Å²) in [5.41, 5.74) is 0.573. The van der Waals surface area contributed by atoms with Gasteiger partial charge in [0.1, 0.15) is 0 Å². The fourth-order valence-corrected chi connectivity index (χ4v) is 3.44. The van der Waals surface area contributed by atoms with E-state index in [2.05, 4.69) is 20.8 Å². The normalized spacial score (nSPS) is 41.8. The first kappa shape index (κ1) is 8.59. The minimum absolute atomic E-state index is 0.573. The zero-order chi connectivity index (χ0) is 8.77. The molecule has 0 saturated heterocycles. The highest BCUT2D eigenvalue weighted by molar-refractivity contribution is 4.91. The van der Waals surface area contributed by atoms with Crippen molar-refractivity contribution in [3.63, 3.8) is 0 Å². The molecule has 0 aromatic rings. The quantitative estimate of drug-likeness (QED) is 0.512. The average Bonchev–Trinajstić information content (AvgIpc) is 2.05. The Morgan fingerprint density at radius 2 is 1.50 bits per heavy atom. The molecule has 70 valence electrons. The number of hydrogen-bond acceptors (Lipinski definition) is 0. The lowest BCUT2D eigenvalue weighted by atomic mass is 9.57. The summed E-state index contributed by atoms with van der Waals surface area (Å²) in [4.78, 5) is 0. The summed E-state index contributed by atoms with van der Waals surface area (Å²) in [7, 11) is 0.